The lowest BCUT2D eigenvalue weighted by atomic mass is 10.4. The number of rotatable bonds is 5. The maximum absolute atomic E-state index is 11.8. The molecule has 0 fully saturated rings. The van der Waals surface area contributed by atoms with Crippen LogP contribution in [0.3, 0.4) is 0 Å². The van der Waals surface area contributed by atoms with Gasteiger partial charge in [0.1, 0.15) is 9.09 Å². The summed E-state index contributed by atoms with van der Waals surface area (Å²) in [6.45, 7) is 0.0721. The molecule has 96 valence electrons. The molecule has 0 aromatic carbocycles. The largest absolute Gasteiger partial charge is 0.477 e. The zero-order chi connectivity index (χ0) is 13.2. The molecule has 0 unspecified atom stereocenters. The predicted molar refractivity (Wildman–Crippen MR) is 63.9 cm³/mol. The Morgan fingerprint density at radius 1 is 1.44 bits per heavy atom. The van der Waals surface area contributed by atoms with E-state index in [0.717, 1.165) is 0 Å². The van der Waals surface area contributed by atoms with Crippen LogP contribution in [0.15, 0.2) is 28.6 Å². The molecule has 0 amide bonds. The monoisotopic (exact) mass is 287 g/mol. The number of carboxylic acid groups (broad SMARTS) is 1. The summed E-state index contributed by atoms with van der Waals surface area (Å²) in [7, 11) is -3.69. The van der Waals surface area contributed by atoms with Crippen LogP contribution in [0.1, 0.15) is 15.4 Å². The van der Waals surface area contributed by atoms with Crippen molar-refractivity contribution in [1.29, 1.82) is 0 Å². The Bertz CT molecular complexity index is 645. The molecular formula is C9H9N3O4S2. The third-order valence-corrected chi connectivity index (χ3v) is 5.03. The van der Waals surface area contributed by atoms with E-state index < -0.39 is 16.0 Å². The molecule has 0 aliphatic heterocycles. The highest BCUT2D eigenvalue weighted by atomic mass is 32.2. The lowest BCUT2D eigenvalue weighted by Crippen LogP contribution is -2.22. The number of sulfonamides is 1. The van der Waals surface area contributed by atoms with Gasteiger partial charge in [-0.2, -0.15) is 5.10 Å². The normalized spacial score (nSPS) is 11.6. The van der Waals surface area contributed by atoms with E-state index in [4.69, 9.17) is 5.11 Å². The van der Waals surface area contributed by atoms with Gasteiger partial charge >= 0.3 is 5.97 Å². The van der Waals surface area contributed by atoms with Crippen molar-refractivity contribution in [3.63, 3.8) is 0 Å². The number of aromatic nitrogens is 2. The fourth-order valence-electron chi connectivity index (χ4n) is 1.21. The standard InChI is InChI=1S/C9H9N3O4S2/c13-9(14)7-1-2-8(17-7)18(15,16)11-5-6-3-4-10-12-6/h1-4,11H,5H2,(H,10,12)(H,13,14). The molecule has 0 saturated carbocycles. The summed E-state index contributed by atoms with van der Waals surface area (Å²) in [6.07, 6.45) is 1.51. The minimum Gasteiger partial charge on any atom is -0.477 e. The average Bonchev–Trinajstić information content (AvgIpc) is 2.98. The van der Waals surface area contributed by atoms with Crippen molar-refractivity contribution in [3.8, 4) is 0 Å². The Labute approximate surface area is 107 Å². The first-order chi connectivity index (χ1) is 8.49. The van der Waals surface area contributed by atoms with Crippen LogP contribution < -0.4 is 4.72 Å². The van der Waals surface area contributed by atoms with E-state index in [1.165, 1.54) is 18.3 Å². The van der Waals surface area contributed by atoms with Gasteiger partial charge in [0.05, 0.1) is 12.2 Å². The van der Waals surface area contributed by atoms with Gasteiger partial charge in [-0.05, 0) is 18.2 Å². The van der Waals surface area contributed by atoms with Crippen molar-refractivity contribution >= 4 is 27.3 Å². The lowest BCUT2D eigenvalue weighted by molar-refractivity contribution is 0.0702. The molecule has 3 N–H and O–H groups in total. The van der Waals surface area contributed by atoms with Crippen LogP contribution in [0.2, 0.25) is 0 Å². The Balaban J connectivity index is 2.12. The zero-order valence-electron chi connectivity index (χ0n) is 8.95. The zero-order valence-corrected chi connectivity index (χ0v) is 10.6. The molecule has 0 bridgehead atoms. The van der Waals surface area contributed by atoms with E-state index in [1.807, 2.05) is 0 Å². The fourth-order valence-corrected chi connectivity index (χ4v) is 3.40. The molecule has 0 aliphatic rings. The van der Waals surface area contributed by atoms with Crippen LogP contribution in [0.25, 0.3) is 0 Å². The highest BCUT2D eigenvalue weighted by Crippen LogP contribution is 2.21. The van der Waals surface area contributed by atoms with Crippen molar-refractivity contribution < 1.29 is 18.3 Å². The Morgan fingerprint density at radius 3 is 2.78 bits per heavy atom. The maximum atomic E-state index is 11.8. The number of thiophene rings is 1. The van der Waals surface area contributed by atoms with Crippen molar-refractivity contribution in [2.45, 2.75) is 10.8 Å². The Morgan fingerprint density at radius 2 is 2.22 bits per heavy atom. The molecular weight excluding hydrogens is 278 g/mol. The number of nitrogens with one attached hydrogen (secondary N) is 2. The number of H-pyrrole nitrogens is 1. The highest BCUT2D eigenvalue weighted by molar-refractivity contribution is 7.91. The molecule has 2 aromatic rings. The van der Waals surface area contributed by atoms with Crippen LogP contribution in [0.4, 0.5) is 0 Å². The van der Waals surface area contributed by atoms with Crippen molar-refractivity contribution in [2.75, 3.05) is 0 Å². The number of nitrogens with zero attached hydrogens (tertiary/aromatic N) is 1. The van der Waals surface area contributed by atoms with Crippen LogP contribution in [0.5, 0.6) is 0 Å². The molecule has 7 nitrogen and oxygen atoms in total. The summed E-state index contributed by atoms with van der Waals surface area (Å²) in [5, 5.41) is 15.0. The maximum Gasteiger partial charge on any atom is 0.345 e. The molecule has 0 spiro atoms. The van der Waals surface area contributed by atoms with Gasteiger partial charge in [0.25, 0.3) is 0 Å². The van der Waals surface area contributed by atoms with Crippen molar-refractivity contribution in [2.24, 2.45) is 0 Å². The summed E-state index contributed by atoms with van der Waals surface area (Å²) < 4.78 is 26.0. The molecule has 2 aromatic heterocycles. The summed E-state index contributed by atoms with van der Waals surface area (Å²) >= 11 is 0.709. The van der Waals surface area contributed by atoms with Crippen molar-refractivity contribution in [1.82, 2.24) is 14.9 Å². The molecule has 18 heavy (non-hydrogen) atoms. The van der Waals surface area contributed by atoms with Gasteiger partial charge in [0, 0.05) is 6.20 Å². The number of carboxylic acids is 1. The quantitative estimate of drug-likeness (QED) is 0.747. The molecule has 0 atom stereocenters. The fraction of sp³-hybridized carbons (Fsp3) is 0.111. The molecule has 0 aliphatic carbocycles. The SMILES string of the molecule is O=C(O)c1ccc(S(=O)(=O)NCc2ccn[nH]2)s1. The third-order valence-electron chi connectivity index (χ3n) is 2.07. The van der Waals surface area contributed by atoms with Crippen LogP contribution >= 0.6 is 11.3 Å². The second-order valence-electron chi connectivity index (χ2n) is 3.33. The smallest absolute Gasteiger partial charge is 0.345 e. The van der Waals surface area contributed by atoms with E-state index in [0.29, 0.717) is 17.0 Å². The van der Waals surface area contributed by atoms with Crippen molar-refractivity contribution in [3.05, 3.63) is 35.0 Å². The summed E-state index contributed by atoms with van der Waals surface area (Å²) in [4.78, 5) is 10.7. The molecule has 0 radical (unpaired) electrons. The number of aromatic amines is 1. The van der Waals surface area contributed by atoms with Gasteiger partial charge in [0.2, 0.25) is 10.0 Å². The first-order valence-electron chi connectivity index (χ1n) is 4.80. The Hall–Kier alpha value is -1.71. The number of hydrogen-bond acceptors (Lipinski definition) is 5. The van der Waals surface area contributed by atoms with Crippen LogP contribution in [-0.2, 0) is 16.6 Å². The first kappa shape index (κ1) is 12.7. The third kappa shape index (κ3) is 2.75. The second kappa shape index (κ2) is 4.88. The summed E-state index contributed by atoms with van der Waals surface area (Å²) in [5.41, 5.74) is 0.619. The predicted octanol–water partition coefficient (Wildman–Crippen LogP) is 0.648. The van der Waals surface area contributed by atoms with Crippen LogP contribution in [-0.4, -0.2) is 29.7 Å². The van der Waals surface area contributed by atoms with E-state index in [-0.39, 0.29) is 15.6 Å². The average molecular weight is 287 g/mol. The van der Waals surface area contributed by atoms with Gasteiger partial charge < -0.3 is 5.11 Å². The van der Waals surface area contributed by atoms with E-state index in [9.17, 15) is 13.2 Å². The lowest BCUT2D eigenvalue weighted by Gasteiger charge is -2.02. The summed E-state index contributed by atoms with van der Waals surface area (Å²) in [5.74, 6) is -1.14. The number of aromatic carboxylic acids is 1. The van der Waals surface area contributed by atoms with Gasteiger partial charge in [-0.3, -0.25) is 5.10 Å². The molecule has 2 heterocycles. The topological polar surface area (TPSA) is 112 Å². The first-order valence-corrected chi connectivity index (χ1v) is 7.10. The van der Waals surface area contributed by atoms with Gasteiger partial charge in [-0.1, -0.05) is 0 Å². The summed E-state index contributed by atoms with van der Waals surface area (Å²) in [6, 6.07) is 4.17. The second-order valence-corrected chi connectivity index (χ2v) is 6.41. The van der Waals surface area contributed by atoms with Crippen LogP contribution in [0, 0.1) is 0 Å². The van der Waals surface area contributed by atoms with E-state index >= 15 is 0 Å². The number of carbonyl (C=O) groups is 1. The Kier molecular flexibility index (Phi) is 3.45. The molecule has 9 heteroatoms. The van der Waals surface area contributed by atoms with Gasteiger partial charge in [0.15, 0.2) is 0 Å². The molecule has 0 saturated heterocycles. The minimum atomic E-state index is -3.69. The highest BCUT2D eigenvalue weighted by Gasteiger charge is 2.18. The molecule has 2 rings (SSSR count). The van der Waals surface area contributed by atoms with E-state index in [2.05, 4.69) is 14.9 Å². The van der Waals surface area contributed by atoms with Gasteiger partial charge in [-0.25, -0.2) is 17.9 Å². The van der Waals surface area contributed by atoms with E-state index in [1.54, 1.807) is 6.07 Å². The minimum absolute atomic E-state index is 0.0167. The van der Waals surface area contributed by atoms with Gasteiger partial charge in [-0.15, -0.1) is 11.3 Å². The number of hydrogen-bond donors (Lipinski definition) is 3.